The number of hydrogen-bond acceptors (Lipinski definition) is 4. The van der Waals surface area contributed by atoms with Gasteiger partial charge in [-0.25, -0.2) is 4.98 Å². The number of amides is 1. The van der Waals surface area contributed by atoms with Gasteiger partial charge < -0.3 is 9.80 Å². The summed E-state index contributed by atoms with van der Waals surface area (Å²) < 4.78 is 1.25. The second kappa shape index (κ2) is 6.87. The van der Waals surface area contributed by atoms with E-state index in [0.717, 1.165) is 49.7 Å². The van der Waals surface area contributed by atoms with Crippen LogP contribution in [0.3, 0.4) is 0 Å². The minimum absolute atomic E-state index is 0.307. The van der Waals surface area contributed by atoms with E-state index in [2.05, 4.69) is 37.8 Å². The lowest BCUT2D eigenvalue weighted by atomic mass is 10.1. The molecule has 1 aliphatic heterocycles. The molecule has 2 aromatic rings. The highest BCUT2D eigenvalue weighted by Gasteiger charge is 2.22. The number of hydrogen-bond donors (Lipinski definition) is 0. The Hall–Kier alpha value is -1.62. The van der Waals surface area contributed by atoms with Crippen LogP contribution in [0, 0.1) is 13.8 Å². The highest BCUT2D eigenvalue weighted by molar-refractivity contribution is 7.22. The maximum Gasteiger partial charge on any atom is 0.222 e. The molecule has 0 atom stereocenters. The Morgan fingerprint density at radius 3 is 2.57 bits per heavy atom. The van der Waals surface area contributed by atoms with Crippen LogP contribution in [0.25, 0.3) is 10.2 Å². The van der Waals surface area contributed by atoms with Crippen LogP contribution in [-0.4, -0.2) is 42.0 Å². The maximum atomic E-state index is 12.1. The average molecular weight is 331 g/mol. The standard InChI is InChI=1S/C18H25N3OS/c1-4-5-6-17(22)20-7-9-21(10-8-20)18-19-15-11-13(2)14(3)12-16(15)23-18/h11-12H,4-10H2,1-3H3. The van der Waals surface area contributed by atoms with Gasteiger partial charge in [0.05, 0.1) is 10.2 Å². The van der Waals surface area contributed by atoms with E-state index in [1.165, 1.54) is 15.8 Å². The smallest absolute Gasteiger partial charge is 0.222 e. The number of anilines is 1. The Labute approximate surface area is 142 Å². The van der Waals surface area contributed by atoms with Gasteiger partial charge in [0.2, 0.25) is 5.91 Å². The van der Waals surface area contributed by atoms with Gasteiger partial charge in [0.15, 0.2) is 5.13 Å². The van der Waals surface area contributed by atoms with Gasteiger partial charge in [0, 0.05) is 32.6 Å². The second-order valence-electron chi connectivity index (χ2n) is 6.37. The number of piperazine rings is 1. The first-order chi connectivity index (χ1) is 11.1. The molecule has 0 aliphatic carbocycles. The summed E-state index contributed by atoms with van der Waals surface area (Å²) in [5.74, 6) is 0.307. The third kappa shape index (κ3) is 3.50. The Bertz CT molecular complexity index is 663. The van der Waals surface area contributed by atoms with E-state index < -0.39 is 0 Å². The van der Waals surface area contributed by atoms with Crippen molar-refractivity contribution >= 4 is 32.6 Å². The number of carbonyl (C=O) groups excluding carboxylic acids is 1. The molecule has 2 heterocycles. The molecule has 0 unspecified atom stereocenters. The minimum Gasteiger partial charge on any atom is -0.345 e. The fraction of sp³-hybridized carbons (Fsp3) is 0.556. The normalized spacial score (nSPS) is 15.4. The van der Waals surface area contributed by atoms with Crippen molar-refractivity contribution in [1.29, 1.82) is 0 Å². The summed E-state index contributed by atoms with van der Waals surface area (Å²) in [7, 11) is 0. The summed E-state index contributed by atoms with van der Waals surface area (Å²) in [5, 5.41) is 1.09. The van der Waals surface area contributed by atoms with E-state index >= 15 is 0 Å². The summed E-state index contributed by atoms with van der Waals surface area (Å²) in [6.07, 6.45) is 2.77. The van der Waals surface area contributed by atoms with Crippen LogP contribution in [0.4, 0.5) is 5.13 Å². The van der Waals surface area contributed by atoms with E-state index in [1.807, 2.05) is 4.90 Å². The summed E-state index contributed by atoms with van der Waals surface area (Å²) in [4.78, 5) is 21.2. The number of aryl methyl sites for hydroxylation is 2. The van der Waals surface area contributed by atoms with Crippen LogP contribution >= 0.6 is 11.3 Å². The van der Waals surface area contributed by atoms with Crippen molar-refractivity contribution in [1.82, 2.24) is 9.88 Å². The van der Waals surface area contributed by atoms with Gasteiger partial charge in [-0.2, -0.15) is 0 Å². The first-order valence-electron chi connectivity index (χ1n) is 8.49. The number of thiazole rings is 1. The predicted molar refractivity (Wildman–Crippen MR) is 97.4 cm³/mol. The first kappa shape index (κ1) is 16.2. The van der Waals surface area contributed by atoms with Gasteiger partial charge in [0.25, 0.3) is 0 Å². The second-order valence-corrected chi connectivity index (χ2v) is 7.38. The van der Waals surface area contributed by atoms with Crippen LogP contribution in [0.2, 0.25) is 0 Å². The number of benzene rings is 1. The SMILES string of the molecule is CCCCC(=O)N1CCN(c2nc3cc(C)c(C)cc3s2)CC1. The number of rotatable bonds is 4. The van der Waals surface area contributed by atoms with Crippen molar-refractivity contribution in [3.05, 3.63) is 23.3 Å². The van der Waals surface area contributed by atoms with Gasteiger partial charge in [-0.05, 0) is 43.5 Å². The van der Waals surface area contributed by atoms with Crippen molar-refractivity contribution in [2.45, 2.75) is 40.0 Å². The fourth-order valence-electron chi connectivity index (χ4n) is 2.94. The molecule has 5 heteroatoms. The third-order valence-corrected chi connectivity index (χ3v) is 5.72. The molecule has 0 N–H and O–H groups in total. The molecule has 3 rings (SSSR count). The van der Waals surface area contributed by atoms with Crippen molar-refractivity contribution in [2.75, 3.05) is 31.1 Å². The Morgan fingerprint density at radius 2 is 1.87 bits per heavy atom. The average Bonchev–Trinajstić information content (AvgIpc) is 2.96. The van der Waals surface area contributed by atoms with E-state index in [0.29, 0.717) is 12.3 Å². The maximum absolute atomic E-state index is 12.1. The lowest BCUT2D eigenvalue weighted by molar-refractivity contribution is -0.131. The molecular weight excluding hydrogens is 306 g/mol. The molecule has 1 aromatic heterocycles. The fourth-order valence-corrected chi connectivity index (χ4v) is 4.03. The van der Waals surface area contributed by atoms with Gasteiger partial charge in [-0.3, -0.25) is 4.79 Å². The van der Waals surface area contributed by atoms with E-state index in [1.54, 1.807) is 11.3 Å². The topological polar surface area (TPSA) is 36.4 Å². The molecule has 0 radical (unpaired) electrons. The molecule has 1 aromatic carbocycles. The van der Waals surface area contributed by atoms with Crippen LogP contribution in [0.15, 0.2) is 12.1 Å². The van der Waals surface area contributed by atoms with Gasteiger partial charge in [-0.1, -0.05) is 24.7 Å². The molecule has 0 spiro atoms. The Balaban J connectivity index is 1.67. The Kier molecular flexibility index (Phi) is 4.85. The lowest BCUT2D eigenvalue weighted by Crippen LogP contribution is -2.48. The molecule has 0 saturated carbocycles. The highest BCUT2D eigenvalue weighted by atomic mass is 32.1. The first-order valence-corrected chi connectivity index (χ1v) is 9.30. The van der Waals surface area contributed by atoms with Crippen LogP contribution in [-0.2, 0) is 4.79 Å². The summed E-state index contributed by atoms with van der Waals surface area (Å²) in [6.45, 7) is 9.81. The molecule has 1 aliphatic rings. The molecule has 1 fully saturated rings. The number of carbonyl (C=O) groups is 1. The molecule has 4 nitrogen and oxygen atoms in total. The van der Waals surface area contributed by atoms with Crippen molar-refractivity contribution in [2.24, 2.45) is 0 Å². The lowest BCUT2D eigenvalue weighted by Gasteiger charge is -2.34. The van der Waals surface area contributed by atoms with Crippen LogP contribution in [0.5, 0.6) is 0 Å². The predicted octanol–water partition coefficient (Wildman–Crippen LogP) is 3.75. The quantitative estimate of drug-likeness (QED) is 0.856. The number of fused-ring (bicyclic) bond motifs is 1. The number of nitrogens with zero attached hydrogens (tertiary/aromatic N) is 3. The van der Waals surface area contributed by atoms with Gasteiger partial charge >= 0.3 is 0 Å². The molecule has 1 amide bonds. The summed E-state index contributed by atoms with van der Waals surface area (Å²) >= 11 is 1.76. The van der Waals surface area contributed by atoms with Gasteiger partial charge in [0.1, 0.15) is 0 Å². The van der Waals surface area contributed by atoms with Crippen molar-refractivity contribution in [3.8, 4) is 0 Å². The molecular formula is C18H25N3OS. The Morgan fingerprint density at radius 1 is 1.17 bits per heavy atom. The summed E-state index contributed by atoms with van der Waals surface area (Å²) in [6, 6.07) is 4.41. The van der Waals surface area contributed by atoms with Gasteiger partial charge in [-0.15, -0.1) is 0 Å². The highest BCUT2D eigenvalue weighted by Crippen LogP contribution is 2.31. The minimum atomic E-state index is 0.307. The van der Waals surface area contributed by atoms with E-state index in [9.17, 15) is 4.79 Å². The van der Waals surface area contributed by atoms with E-state index in [-0.39, 0.29) is 0 Å². The van der Waals surface area contributed by atoms with E-state index in [4.69, 9.17) is 4.98 Å². The van der Waals surface area contributed by atoms with Crippen LogP contribution < -0.4 is 4.90 Å². The number of aromatic nitrogens is 1. The number of unbranched alkanes of at least 4 members (excludes halogenated alkanes) is 1. The zero-order valence-corrected chi connectivity index (χ0v) is 15.1. The van der Waals surface area contributed by atoms with Crippen molar-refractivity contribution in [3.63, 3.8) is 0 Å². The molecule has 124 valence electrons. The molecule has 1 saturated heterocycles. The largest absolute Gasteiger partial charge is 0.345 e. The molecule has 0 bridgehead atoms. The zero-order valence-electron chi connectivity index (χ0n) is 14.3. The van der Waals surface area contributed by atoms with Crippen LogP contribution in [0.1, 0.15) is 37.3 Å². The summed E-state index contributed by atoms with van der Waals surface area (Å²) in [5.41, 5.74) is 3.70. The molecule has 23 heavy (non-hydrogen) atoms. The van der Waals surface area contributed by atoms with Crippen molar-refractivity contribution < 1.29 is 4.79 Å². The monoisotopic (exact) mass is 331 g/mol. The zero-order chi connectivity index (χ0) is 16.4. The third-order valence-electron chi connectivity index (χ3n) is 4.64.